The van der Waals surface area contributed by atoms with Crippen LogP contribution in [0.25, 0.3) is 10.9 Å². The number of ether oxygens (including phenoxy) is 1. The minimum absolute atomic E-state index is 0.243. The second-order valence-electron chi connectivity index (χ2n) is 3.63. The highest BCUT2D eigenvalue weighted by Crippen LogP contribution is 2.26. The fourth-order valence-corrected chi connectivity index (χ4v) is 1.58. The lowest BCUT2D eigenvalue weighted by Gasteiger charge is -2.09. The molecule has 0 saturated carbocycles. The van der Waals surface area contributed by atoms with Crippen molar-refractivity contribution < 1.29 is 17.9 Å². The van der Waals surface area contributed by atoms with Gasteiger partial charge in [-0.25, -0.2) is 4.98 Å². The third kappa shape index (κ3) is 3.03. The van der Waals surface area contributed by atoms with Gasteiger partial charge in [-0.05, 0) is 37.3 Å². The first-order valence-corrected chi connectivity index (χ1v) is 5.38. The first kappa shape index (κ1) is 12.5. The standard InChI is InChI=1S/C12H11F3N2O/c1-2-16-11-6-3-8-7-9(18-12(13,14)15)4-5-10(8)17-11/h3-7H,2H2,1H3,(H,16,17). The Balaban J connectivity index is 2.32. The molecule has 0 bridgehead atoms. The molecule has 0 radical (unpaired) electrons. The Kier molecular flexibility index (Phi) is 3.27. The number of rotatable bonds is 3. The summed E-state index contributed by atoms with van der Waals surface area (Å²) >= 11 is 0. The van der Waals surface area contributed by atoms with E-state index in [4.69, 9.17) is 0 Å². The quantitative estimate of drug-likeness (QED) is 0.911. The number of nitrogens with one attached hydrogen (secondary N) is 1. The minimum atomic E-state index is -4.68. The van der Waals surface area contributed by atoms with Gasteiger partial charge < -0.3 is 10.1 Å². The molecule has 1 N–H and O–H groups in total. The average Bonchev–Trinajstić information content (AvgIpc) is 2.27. The predicted octanol–water partition coefficient (Wildman–Crippen LogP) is 3.57. The molecule has 0 unspecified atom stereocenters. The van der Waals surface area contributed by atoms with Crippen LogP contribution in [0.2, 0.25) is 0 Å². The van der Waals surface area contributed by atoms with Gasteiger partial charge in [-0.3, -0.25) is 0 Å². The van der Waals surface area contributed by atoms with E-state index in [0.717, 1.165) is 6.54 Å². The number of aromatic nitrogens is 1. The van der Waals surface area contributed by atoms with Gasteiger partial charge in [0.25, 0.3) is 0 Å². The molecule has 18 heavy (non-hydrogen) atoms. The molecule has 1 aromatic heterocycles. The van der Waals surface area contributed by atoms with Gasteiger partial charge in [0.15, 0.2) is 0 Å². The number of nitrogens with zero attached hydrogens (tertiary/aromatic N) is 1. The number of hydrogen-bond acceptors (Lipinski definition) is 3. The molecule has 0 spiro atoms. The zero-order valence-electron chi connectivity index (χ0n) is 9.58. The largest absolute Gasteiger partial charge is 0.573 e. The van der Waals surface area contributed by atoms with Crippen molar-refractivity contribution in [3.8, 4) is 5.75 Å². The zero-order valence-corrected chi connectivity index (χ0v) is 9.58. The summed E-state index contributed by atoms with van der Waals surface area (Å²) < 4.78 is 40.0. The predicted molar refractivity (Wildman–Crippen MR) is 62.6 cm³/mol. The van der Waals surface area contributed by atoms with Crippen LogP contribution in [0.1, 0.15) is 6.92 Å². The number of alkyl halides is 3. The topological polar surface area (TPSA) is 34.1 Å². The van der Waals surface area contributed by atoms with E-state index >= 15 is 0 Å². The second kappa shape index (κ2) is 4.72. The van der Waals surface area contributed by atoms with E-state index in [1.807, 2.05) is 6.92 Å². The molecule has 0 amide bonds. The van der Waals surface area contributed by atoms with Crippen molar-refractivity contribution in [2.75, 3.05) is 11.9 Å². The number of hydrogen-bond donors (Lipinski definition) is 1. The molecule has 2 aromatic rings. The number of benzene rings is 1. The van der Waals surface area contributed by atoms with E-state index < -0.39 is 6.36 Å². The Hall–Kier alpha value is -1.98. The molecule has 96 valence electrons. The molecule has 3 nitrogen and oxygen atoms in total. The lowest BCUT2D eigenvalue weighted by atomic mass is 10.2. The molecule has 0 atom stereocenters. The van der Waals surface area contributed by atoms with E-state index in [1.165, 1.54) is 18.2 Å². The number of halogens is 3. The van der Waals surface area contributed by atoms with Gasteiger partial charge >= 0.3 is 6.36 Å². The maximum atomic E-state index is 12.1. The van der Waals surface area contributed by atoms with Gasteiger partial charge in [-0.1, -0.05) is 0 Å². The van der Waals surface area contributed by atoms with Crippen LogP contribution in [0.5, 0.6) is 5.75 Å². The van der Waals surface area contributed by atoms with Gasteiger partial charge in [0.1, 0.15) is 11.6 Å². The number of fused-ring (bicyclic) bond motifs is 1. The summed E-state index contributed by atoms with van der Waals surface area (Å²) in [6.07, 6.45) is -4.68. The van der Waals surface area contributed by atoms with Crippen LogP contribution in [-0.4, -0.2) is 17.9 Å². The van der Waals surface area contributed by atoms with Gasteiger partial charge in [0.05, 0.1) is 5.52 Å². The molecule has 0 aliphatic heterocycles. The molecule has 1 heterocycles. The first-order valence-electron chi connectivity index (χ1n) is 5.38. The fraction of sp³-hybridized carbons (Fsp3) is 0.250. The van der Waals surface area contributed by atoms with Crippen LogP contribution in [0, 0.1) is 0 Å². The zero-order chi connectivity index (χ0) is 13.2. The Morgan fingerprint density at radius 2 is 2.00 bits per heavy atom. The highest BCUT2D eigenvalue weighted by atomic mass is 19.4. The van der Waals surface area contributed by atoms with Crippen LogP contribution in [0.3, 0.4) is 0 Å². The molecular weight excluding hydrogens is 245 g/mol. The molecule has 0 aliphatic carbocycles. The highest BCUT2D eigenvalue weighted by molar-refractivity contribution is 5.81. The number of pyridine rings is 1. The summed E-state index contributed by atoms with van der Waals surface area (Å²) in [5.74, 6) is 0.447. The molecular formula is C12H11F3N2O. The summed E-state index contributed by atoms with van der Waals surface area (Å²) in [5, 5.41) is 3.63. The first-order chi connectivity index (χ1) is 8.48. The molecule has 0 aliphatic rings. The highest BCUT2D eigenvalue weighted by Gasteiger charge is 2.31. The summed E-state index contributed by atoms with van der Waals surface area (Å²) in [5.41, 5.74) is 0.614. The van der Waals surface area contributed by atoms with Gasteiger partial charge in [-0.2, -0.15) is 0 Å². The molecule has 2 rings (SSSR count). The van der Waals surface area contributed by atoms with Gasteiger partial charge in [0.2, 0.25) is 0 Å². The lowest BCUT2D eigenvalue weighted by Crippen LogP contribution is -2.17. The summed E-state index contributed by atoms with van der Waals surface area (Å²) in [6.45, 7) is 2.67. The van der Waals surface area contributed by atoms with Crippen molar-refractivity contribution in [2.24, 2.45) is 0 Å². The molecule has 0 fully saturated rings. The van der Waals surface area contributed by atoms with E-state index in [-0.39, 0.29) is 5.75 Å². The summed E-state index contributed by atoms with van der Waals surface area (Å²) in [4.78, 5) is 4.25. The van der Waals surface area contributed by atoms with Crippen molar-refractivity contribution >= 4 is 16.7 Å². The third-order valence-electron chi connectivity index (χ3n) is 2.25. The molecule has 0 saturated heterocycles. The van der Waals surface area contributed by atoms with Crippen LogP contribution in [0.15, 0.2) is 30.3 Å². The fourth-order valence-electron chi connectivity index (χ4n) is 1.58. The smallest absolute Gasteiger partial charge is 0.406 e. The second-order valence-corrected chi connectivity index (χ2v) is 3.63. The summed E-state index contributed by atoms with van der Waals surface area (Å²) in [7, 11) is 0. The average molecular weight is 256 g/mol. The maximum absolute atomic E-state index is 12.1. The van der Waals surface area contributed by atoms with E-state index in [1.54, 1.807) is 12.1 Å². The lowest BCUT2D eigenvalue weighted by molar-refractivity contribution is -0.274. The normalized spacial score (nSPS) is 11.6. The van der Waals surface area contributed by atoms with E-state index in [0.29, 0.717) is 16.7 Å². The Bertz CT molecular complexity index is 555. The van der Waals surface area contributed by atoms with Crippen molar-refractivity contribution in [1.29, 1.82) is 0 Å². The SMILES string of the molecule is CCNc1ccc2cc(OC(F)(F)F)ccc2n1. The van der Waals surface area contributed by atoms with Gasteiger partial charge in [0, 0.05) is 11.9 Å². The van der Waals surface area contributed by atoms with Crippen molar-refractivity contribution in [2.45, 2.75) is 13.3 Å². The van der Waals surface area contributed by atoms with Crippen molar-refractivity contribution in [3.63, 3.8) is 0 Å². The molecule has 1 aromatic carbocycles. The van der Waals surface area contributed by atoms with Crippen LogP contribution in [-0.2, 0) is 0 Å². The van der Waals surface area contributed by atoms with Crippen molar-refractivity contribution in [1.82, 2.24) is 4.98 Å². The monoisotopic (exact) mass is 256 g/mol. The van der Waals surface area contributed by atoms with Crippen LogP contribution < -0.4 is 10.1 Å². The van der Waals surface area contributed by atoms with Gasteiger partial charge in [-0.15, -0.1) is 13.2 Å². The van der Waals surface area contributed by atoms with Crippen LogP contribution >= 0.6 is 0 Å². The van der Waals surface area contributed by atoms with E-state index in [9.17, 15) is 13.2 Å². The molecule has 6 heteroatoms. The Morgan fingerprint density at radius 1 is 1.22 bits per heavy atom. The minimum Gasteiger partial charge on any atom is -0.406 e. The number of anilines is 1. The van der Waals surface area contributed by atoms with Crippen molar-refractivity contribution in [3.05, 3.63) is 30.3 Å². The Morgan fingerprint density at radius 3 is 2.67 bits per heavy atom. The van der Waals surface area contributed by atoms with Crippen LogP contribution in [0.4, 0.5) is 19.0 Å². The Labute approximate surface area is 102 Å². The van der Waals surface area contributed by atoms with E-state index in [2.05, 4.69) is 15.0 Å². The maximum Gasteiger partial charge on any atom is 0.573 e. The third-order valence-corrected chi connectivity index (χ3v) is 2.25. The summed E-state index contributed by atoms with van der Waals surface area (Å²) in [6, 6.07) is 7.47.